The fourth-order valence-corrected chi connectivity index (χ4v) is 4.41. The van der Waals surface area contributed by atoms with Gasteiger partial charge in [0.1, 0.15) is 17.3 Å². The van der Waals surface area contributed by atoms with Crippen LogP contribution in [-0.4, -0.2) is 45.6 Å². The van der Waals surface area contributed by atoms with E-state index in [2.05, 4.69) is 24.8 Å². The van der Waals surface area contributed by atoms with Crippen molar-refractivity contribution < 1.29 is 8.78 Å². The Kier molecular flexibility index (Phi) is 4.36. The molecule has 3 aliphatic rings. The Hall–Kier alpha value is -2.38. The molecular weight excluding hydrogens is 362 g/mol. The molecule has 2 atom stereocenters. The van der Waals surface area contributed by atoms with Gasteiger partial charge in [0, 0.05) is 44.0 Å². The smallest absolute Gasteiger partial charge is 0.280 e. The molecule has 0 amide bonds. The van der Waals surface area contributed by atoms with Crippen LogP contribution in [-0.2, 0) is 0 Å². The summed E-state index contributed by atoms with van der Waals surface area (Å²) in [6, 6.07) is 1.73. The number of aromatic nitrogens is 4. The highest BCUT2D eigenvalue weighted by molar-refractivity contribution is 5.46. The molecule has 2 unspecified atom stereocenters. The number of alkyl halides is 2. The van der Waals surface area contributed by atoms with E-state index in [9.17, 15) is 8.78 Å². The molecule has 0 N–H and O–H groups in total. The molecule has 6 nitrogen and oxygen atoms in total. The van der Waals surface area contributed by atoms with Crippen LogP contribution in [0.15, 0.2) is 18.5 Å². The van der Waals surface area contributed by atoms with E-state index in [1.807, 2.05) is 19.3 Å². The van der Waals surface area contributed by atoms with E-state index >= 15 is 0 Å². The summed E-state index contributed by atoms with van der Waals surface area (Å²) in [4.78, 5) is 22.2. The van der Waals surface area contributed by atoms with Crippen molar-refractivity contribution in [3.8, 4) is 0 Å². The van der Waals surface area contributed by atoms with Gasteiger partial charge in [-0.25, -0.2) is 28.7 Å². The molecule has 1 aliphatic carbocycles. The quantitative estimate of drug-likeness (QED) is 0.802. The first kappa shape index (κ1) is 17.7. The predicted molar refractivity (Wildman–Crippen MR) is 102 cm³/mol. The maximum atomic E-state index is 13.4. The van der Waals surface area contributed by atoms with E-state index in [1.54, 1.807) is 0 Å². The summed E-state index contributed by atoms with van der Waals surface area (Å²) in [5, 5.41) is 0. The molecule has 2 aliphatic heterocycles. The monoisotopic (exact) mass is 386 g/mol. The minimum atomic E-state index is -2.57. The van der Waals surface area contributed by atoms with Crippen molar-refractivity contribution in [2.75, 3.05) is 29.4 Å². The Bertz CT molecular complexity index is 834. The molecule has 2 saturated heterocycles. The van der Waals surface area contributed by atoms with E-state index in [0.29, 0.717) is 17.6 Å². The van der Waals surface area contributed by atoms with Gasteiger partial charge in [-0.3, -0.25) is 0 Å². The van der Waals surface area contributed by atoms with Crippen LogP contribution in [0, 0.1) is 12.8 Å². The first-order valence-electron chi connectivity index (χ1n) is 10.1. The number of piperidine rings is 1. The second-order valence-corrected chi connectivity index (χ2v) is 8.19. The Morgan fingerprint density at radius 1 is 1.04 bits per heavy atom. The molecular formula is C20H24F2N6. The fourth-order valence-electron chi connectivity index (χ4n) is 4.41. The average molecular weight is 386 g/mol. The maximum Gasteiger partial charge on any atom is 0.280 e. The van der Waals surface area contributed by atoms with Gasteiger partial charge in [-0.2, -0.15) is 0 Å². The highest BCUT2D eigenvalue weighted by Gasteiger charge is 2.40. The van der Waals surface area contributed by atoms with Crippen LogP contribution in [0.3, 0.4) is 0 Å². The molecule has 8 heteroatoms. The number of hydrogen-bond acceptors (Lipinski definition) is 6. The van der Waals surface area contributed by atoms with Gasteiger partial charge in [0.25, 0.3) is 6.43 Å². The predicted octanol–water partition coefficient (Wildman–Crippen LogP) is 3.50. The SMILES string of the molecule is Cc1cnc(N2CCC3CCN(c4cc(C(F)F)nc(C5CC5)n4)C3C2)nc1. The van der Waals surface area contributed by atoms with Crippen LogP contribution in [0.4, 0.5) is 20.5 Å². The number of rotatable bonds is 4. The first-order valence-corrected chi connectivity index (χ1v) is 10.1. The number of halogens is 2. The zero-order chi connectivity index (χ0) is 19.3. The van der Waals surface area contributed by atoms with Crippen LogP contribution < -0.4 is 9.80 Å². The zero-order valence-corrected chi connectivity index (χ0v) is 15.9. The van der Waals surface area contributed by atoms with Crippen molar-refractivity contribution in [3.63, 3.8) is 0 Å². The van der Waals surface area contributed by atoms with Crippen molar-refractivity contribution in [1.29, 1.82) is 0 Å². The summed E-state index contributed by atoms with van der Waals surface area (Å²) in [5.41, 5.74) is 0.888. The molecule has 0 bridgehead atoms. The third-order valence-corrected chi connectivity index (χ3v) is 6.12. The number of anilines is 2. The van der Waals surface area contributed by atoms with Crippen LogP contribution in [0.5, 0.6) is 0 Å². The summed E-state index contributed by atoms with van der Waals surface area (Å²) in [5.74, 6) is 2.79. The first-order chi connectivity index (χ1) is 13.6. The summed E-state index contributed by atoms with van der Waals surface area (Å²) in [6.45, 7) is 4.54. The molecule has 28 heavy (non-hydrogen) atoms. The Labute approximate surface area is 163 Å². The van der Waals surface area contributed by atoms with Gasteiger partial charge in [0.2, 0.25) is 5.95 Å². The molecule has 0 spiro atoms. The second kappa shape index (κ2) is 6.90. The lowest BCUT2D eigenvalue weighted by Crippen LogP contribution is -2.49. The van der Waals surface area contributed by atoms with Crippen LogP contribution >= 0.6 is 0 Å². The largest absolute Gasteiger partial charge is 0.351 e. The lowest BCUT2D eigenvalue weighted by atomic mass is 9.92. The van der Waals surface area contributed by atoms with E-state index in [-0.39, 0.29) is 17.7 Å². The lowest BCUT2D eigenvalue weighted by Gasteiger charge is -2.39. The van der Waals surface area contributed by atoms with Crippen molar-refractivity contribution >= 4 is 11.8 Å². The van der Waals surface area contributed by atoms with Gasteiger partial charge < -0.3 is 9.80 Å². The van der Waals surface area contributed by atoms with Crippen molar-refractivity contribution in [2.24, 2.45) is 5.92 Å². The molecule has 2 aromatic heterocycles. The van der Waals surface area contributed by atoms with Gasteiger partial charge in [-0.05, 0) is 44.1 Å². The molecule has 3 fully saturated rings. The van der Waals surface area contributed by atoms with Crippen LogP contribution in [0.2, 0.25) is 0 Å². The number of nitrogens with zero attached hydrogens (tertiary/aromatic N) is 6. The van der Waals surface area contributed by atoms with Gasteiger partial charge in [0.15, 0.2) is 0 Å². The summed E-state index contributed by atoms with van der Waals surface area (Å²) in [6.07, 6.45) is 5.22. The molecule has 1 saturated carbocycles. The minimum Gasteiger partial charge on any atom is -0.351 e. The number of fused-ring (bicyclic) bond motifs is 1. The molecule has 0 radical (unpaired) electrons. The van der Waals surface area contributed by atoms with Gasteiger partial charge in [-0.1, -0.05) is 0 Å². The standard InChI is InChI=1S/C20H24F2N6/c1-12-9-23-20(24-10-12)27-6-4-13-5-7-28(16(13)11-27)17-8-15(18(21)22)25-19(26-17)14-2-3-14/h8-10,13-14,16,18H,2-7,11H2,1H3. The van der Waals surface area contributed by atoms with Crippen molar-refractivity contribution in [2.45, 2.75) is 51.0 Å². The van der Waals surface area contributed by atoms with Crippen molar-refractivity contribution in [3.05, 3.63) is 35.5 Å². The summed E-state index contributed by atoms with van der Waals surface area (Å²) in [7, 11) is 0. The van der Waals surface area contributed by atoms with E-state index in [1.165, 1.54) is 6.07 Å². The molecule has 5 rings (SSSR count). The average Bonchev–Trinajstić information content (AvgIpc) is 3.47. The number of hydrogen-bond donors (Lipinski definition) is 0. The van der Waals surface area contributed by atoms with Gasteiger partial charge >= 0.3 is 0 Å². The maximum absolute atomic E-state index is 13.4. The Balaban J connectivity index is 1.42. The summed E-state index contributed by atoms with van der Waals surface area (Å²) >= 11 is 0. The van der Waals surface area contributed by atoms with E-state index in [4.69, 9.17) is 4.98 Å². The highest BCUT2D eigenvalue weighted by atomic mass is 19.3. The van der Waals surface area contributed by atoms with E-state index in [0.717, 1.165) is 56.8 Å². The zero-order valence-electron chi connectivity index (χ0n) is 15.9. The lowest BCUT2D eigenvalue weighted by molar-refractivity contribution is 0.145. The van der Waals surface area contributed by atoms with Crippen molar-refractivity contribution in [1.82, 2.24) is 19.9 Å². The molecule has 2 aromatic rings. The normalized spacial score (nSPS) is 24.7. The molecule has 148 valence electrons. The van der Waals surface area contributed by atoms with E-state index < -0.39 is 6.43 Å². The topological polar surface area (TPSA) is 58.0 Å². The third-order valence-electron chi connectivity index (χ3n) is 6.12. The fraction of sp³-hybridized carbons (Fsp3) is 0.600. The summed E-state index contributed by atoms with van der Waals surface area (Å²) < 4.78 is 26.8. The van der Waals surface area contributed by atoms with Gasteiger partial charge in [0.05, 0.1) is 6.04 Å². The second-order valence-electron chi connectivity index (χ2n) is 8.19. The number of aryl methyl sites for hydroxylation is 1. The van der Waals surface area contributed by atoms with Crippen LogP contribution in [0.1, 0.15) is 55.1 Å². The minimum absolute atomic E-state index is 0.148. The van der Waals surface area contributed by atoms with Gasteiger partial charge in [-0.15, -0.1) is 0 Å². The molecule has 4 heterocycles. The third kappa shape index (κ3) is 3.29. The molecule has 0 aromatic carbocycles. The van der Waals surface area contributed by atoms with Crippen LogP contribution in [0.25, 0.3) is 0 Å². The Morgan fingerprint density at radius 2 is 1.79 bits per heavy atom. The highest BCUT2D eigenvalue weighted by Crippen LogP contribution is 2.41. The Morgan fingerprint density at radius 3 is 2.50 bits per heavy atom.